The van der Waals surface area contributed by atoms with Gasteiger partial charge in [-0.25, -0.2) is 0 Å². The summed E-state index contributed by atoms with van der Waals surface area (Å²) in [5.74, 6) is -0.0425. The lowest BCUT2D eigenvalue weighted by Crippen LogP contribution is -2.45. The van der Waals surface area contributed by atoms with Crippen molar-refractivity contribution in [1.29, 1.82) is 0 Å². The van der Waals surface area contributed by atoms with Gasteiger partial charge in [-0.15, -0.1) is 0 Å². The van der Waals surface area contributed by atoms with Gasteiger partial charge in [-0.1, -0.05) is 237 Å². The van der Waals surface area contributed by atoms with Gasteiger partial charge in [-0.3, -0.25) is 9.59 Å². The molecule has 0 bridgehead atoms. The zero-order valence-electron chi connectivity index (χ0n) is 42.3. The van der Waals surface area contributed by atoms with Gasteiger partial charge >= 0.3 is 5.97 Å². The van der Waals surface area contributed by atoms with Gasteiger partial charge in [0.05, 0.1) is 25.4 Å². The Labute approximate surface area is 392 Å². The summed E-state index contributed by atoms with van der Waals surface area (Å²) in [6.07, 6.45) is 63.1. The molecule has 0 radical (unpaired) electrons. The van der Waals surface area contributed by atoms with E-state index in [2.05, 4.69) is 43.5 Å². The molecule has 0 aliphatic heterocycles. The van der Waals surface area contributed by atoms with Crippen LogP contribution in [0, 0.1) is 0 Å². The molecule has 3 N–H and O–H groups in total. The van der Waals surface area contributed by atoms with Crippen LogP contribution >= 0.6 is 0 Å². The van der Waals surface area contributed by atoms with Crippen molar-refractivity contribution in [2.45, 2.75) is 315 Å². The molecule has 1 amide bonds. The first-order valence-corrected chi connectivity index (χ1v) is 28.1. The van der Waals surface area contributed by atoms with Gasteiger partial charge in [0.25, 0.3) is 0 Å². The van der Waals surface area contributed by atoms with Crippen LogP contribution in [0.3, 0.4) is 0 Å². The van der Waals surface area contributed by atoms with Crippen LogP contribution in [0.2, 0.25) is 0 Å². The van der Waals surface area contributed by atoms with Crippen molar-refractivity contribution in [2.24, 2.45) is 0 Å². The average Bonchev–Trinajstić information content (AvgIpc) is 3.28. The van der Waals surface area contributed by atoms with Gasteiger partial charge in [0, 0.05) is 12.8 Å². The Balaban J connectivity index is 3.41. The van der Waals surface area contributed by atoms with E-state index in [1.54, 1.807) is 0 Å². The highest BCUT2D eigenvalue weighted by Gasteiger charge is 2.20. The van der Waals surface area contributed by atoms with Gasteiger partial charge in [0.2, 0.25) is 5.91 Å². The molecule has 0 aliphatic rings. The van der Waals surface area contributed by atoms with Crippen LogP contribution in [0.25, 0.3) is 0 Å². The summed E-state index contributed by atoms with van der Waals surface area (Å²) in [7, 11) is 0. The standard InChI is InChI=1S/C57H109NO5/c1-3-5-7-9-11-13-15-29-33-37-41-45-49-55(60)54(53-59)58-56(61)50-46-42-38-34-30-27-25-23-21-19-17-18-20-22-24-26-28-32-36-40-44-48-52-63-57(62)51-47-43-39-35-31-16-14-12-10-8-6-4-2/h12,14,19,21,54-55,59-60H,3-11,13,15-18,20,22-53H2,1-2H3,(H,58,61)/b14-12-,21-19-. The first-order chi connectivity index (χ1) is 31.0. The highest BCUT2D eigenvalue weighted by atomic mass is 16.5. The molecule has 0 spiro atoms. The monoisotopic (exact) mass is 888 g/mol. The van der Waals surface area contributed by atoms with Gasteiger partial charge in [0.15, 0.2) is 0 Å². The smallest absolute Gasteiger partial charge is 0.305 e. The topological polar surface area (TPSA) is 95.9 Å². The number of ether oxygens (including phenoxy) is 1. The van der Waals surface area contributed by atoms with Crippen LogP contribution in [0.4, 0.5) is 0 Å². The maximum absolute atomic E-state index is 12.4. The number of aliphatic hydroxyl groups is 2. The minimum absolute atomic E-state index is 0.000276. The molecule has 0 rings (SSSR count). The lowest BCUT2D eigenvalue weighted by atomic mass is 10.0. The average molecular weight is 889 g/mol. The van der Waals surface area contributed by atoms with Crippen LogP contribution in [-0.2, 0) is 14.3 Å². The molecule has 0 fully saturated rings. The van der Waals surface area contributed by atoms with Gasteiger partial charge < -0.3 is 20.3 Å². The van der Waals surface area contributed by atoms with Crippen molar-refractivity contribution < 1.29 is 24.5 Å². The number of hydrogen-bond donors (Lipinski definition) is 3. The zero-order valence-corrected chi connectivity index (χ0v) is 42.3. The number of unbranched alkanes of at least 4 members (excludes halogenated alkanes) is 37. The quantitative estimate of drug-likeness (QED) is 0.0321. The fraction of sp³-hybridized carbons (Fsp3) is 0.895. The van der Waals surface area contributed by atoms with E-state index < -0.39 is 12.1 Å². The molecule has 0 aliphatic carbocycles. The van der Waals surface area contributed by atoms with Gasteiger partial charge in [-0.05, 0) is 77.0 Å². The van der Waals surface area contributed by atoms with E-state index in [0.29, 0.717) is 25.9 Å². The first kappa shape index (κ1) is 61.3. The molecule has 0 saturated heterocycles. The van der Waals surface area contributed by atoms with E-state index in [1.807, 2.05) is 0 Å². The number of nitrogens with one attached hydrogen (secondary N) is 1. The molecule has 0 aromatic rings. The van der Waals surface area contributed by atoms with Crippen molar-refractivity contribution in [3.8, 4) is 0 Å². The SMILES string of the molecule is CCCCC/C=C\CCCCCCCC(=O)OCCCCCCCCCCCCC/C=C\CCCCCCCCCC(=O)NC(CO)C(O)CCCCCCCCCCCCCC. The predicted molar refractivity (Wildman–Crippen MR) is 273 cm³/mol. The maximum Gasteiger partial charge on any atom is 0.305 e. The summed E-state index contributed by atoms with van der Waals surface area (Å²) < 4.78 is 5.46. The Bertz CT molecular complexity index is 982. The summed E-state index contributed by atoms with van der Waals surface area (Å²) in [4.78, 5) is 24.4. The Kier molecular flexibility index (Phi) is 51.6. The third-order valence-corrected chi connectivity index (χ3v) is 13.0. The number of carbonyl (C=O) groups excluding carboxylic acids is 2. The number of aliphatic hydroxyl groups excluding tert-OH is 2. The van der Waals surface area contributed by atoms with Gasteiger partial charge in [-0.2, -0.15) is 0 Å². The summed E-state index contributed by atoms with van der Waals surface area (Å²) in [6, 6.07) is -0.545. The van der Waals surface area contributed by atoms with E-state index in [0.717, 1.165) is 44.9 Å². The third-order valence-electron chi connectivity index (χ3n) is 13.0. The van der Waals surface area contributed by atoms with Crippen LogP contribution < -0.4 is 5.32 Å². The summed E-state index contributed by atoms with van der Waals surface area (Å²) >= 11 is 0. The van der Waals surface area contributed by atoms with Crippen molar-refractivity contribution in [3.63, 3.8) is 0 Å². The molecule has 372 valence electrons. The van der Waals surface area contributed by atoms with Crippen LogP contribution in [0.1, 0.15) is 303 Å². The predicted octanol–water partition coefficient (Wildman–Crippen LogP) is 17.1. The normalized spacial score (nSPS) is 12.8. The van der Waals surface area contributed by atoms with E-state index >= 15 is 0 Å². The fourth-order valence-corrected chi connectivity index (χ4v) is 8.63. The molecule has 2 unspecified atom stereocenters. The number of carbonyl (C=O) groups is 2. The number of amides is 1. The molecule has 0 aromatic heterocycles. The number of rotatable bonds is 52. The Morgan fingerprint density at radius 2 is 0.746 bits per heavy atom. The zero-order chi connectivity index (χ0) is 45.8. The Hall–Kier alpha value is -1.66. The van der Waals surface area contributed by atoms with Crippen molar-refractivity contribution in [2.75, 3.05) is 13.2 Å². The van der Waals surface area contributed by atoms with Crippen LogP contribution in [-0.4, -0.2) is 47.4 Å². The molecule has 2 atom stereocenters. The fourth-order valence-electron chi connectivity index (χ4n) is 8.63. The molecule has 63 heavy (non-hydrogen) atoms. The molecule has 0 heterocycles. The van der Waals surface area contributed by atoms with E-state index in [1.165, 1.54) is 225 Å². The van der Waals surface area contributed by atoms with Crippen LogP contribution in [0.15, 0.2) is 24.3 Å². The lowest BCUT2D eigenvalue weighted by Gasteiger charge is -2.22. The Morgan fingerprint density at radius 3 is 1.16 bits per heavy atom. The molecule has 0 saturated carbocycles. The second-order valence-corrected chi connectivity index (χ2v) is 19.3. The lowest BCUT2D eigenvalue weighted by molar-refractivity contribution is -0.143. The highest BCUT2D eigenvalue weighted by molar-refractivity contribution is 5.76. The van der Waals surface area contributed by atoms with Crippen LogP contribution in [0.5, 0.6) is 0 Å². The second-order valence-electron chi connectivity index (χ2n) is 19.3. The Morgan fingerprint density at radius 1 is 0.429 bits per heavy atom. The van der Waals surface area contributed by atoms with Crippen molar-refractivity contribution in [3.05, 3.63) is 24.3 Å². The van der Waals surface area contributed by atoms with Gasteiger partial charge in [0.1, 0.15) is 0 Å². The summed E-state index contributed by atoms with van der Waals surface area (Å²) in [5.41, 5.74) is 0. The second kappa shape index (κ2) is 53.0. The minimum Gasteiger partial charge on any atom is -0.466 e. The first-order valence-electron chi connectivity index (χ1n) is 28.1. The number of allylic oxidation sites excluding steroid dienone is 4. The highest BCUT2D eigenvalue weighted by Crippen LogP contribution is 2.16. The third kappa shape index (κ3) is 49.6. The maximum atomic E-state index is 12.4. The summed E-state index contributed by atoms with van der Waals surface area (Å²) in [6.45, 7) is 4.92. The number of esters is 1. The van der Waals surface area contributed by atoms with E-state index in [-0.39, 0.29) is 18.5 Å². The largest absolute Gasteiger partial charge is 0.466 e. The molecule has 0 aromatic carbocycles. The van der Waals surface area contributed by atoms with Crippen molar-refractivity contribution in [1.82, 2.24) is 5.32 Å². The van der Waals surface area contributed by atoms with E-state index in [9.17, 15) is 19.8 Å². The van der Waals surface area contributed by atoms with E-state index in [4.69, 9.17) is 4.74 Å². The minimum atomic E-state index is -0.667. The molecule has 6 heteroatoms. The molecular formula is C57H109NO5. The van der Waals surface area contributed by atoms with Crippen molar-refractivity contribution >= 4 is 11.9 Å². The summed E-state index contributed by atoms with van der Waals surface area (Å²) in [5, 5.41) is 23.2. The molecular weight excluding hydrogens is 779 g/mol. The number of hydrogen-bond acceptors (Lipinski definition) is 5. The molecule has 6 nitrogen and oxygen atoms in total.